The molecule has 172 valence electrons. The Kier molecular flexibility index (Phi) is 7.41. The zero-order valence-corrected chi connectivity index (χ0v) is 17.8. The van der Waals surface area contributed by atoms with Crippen LogP contribution in [0.25, 0.3) is 0 Å². The van der Waals surface area contributed by atoms with Crippen molar-refractivity contribution in [2.75, 3.05) is 19.7 Å². The summed E-state index contributed by atoms with van der Waals surface area (Å²) in [6.45, 7) is -0.340. The van der Waals surface area contributed by atoms with E-state index in [1.165, 1.54) is 0 Å². The lowest BCUT2D eigenvalue weighted by Crippen LogP contribution is -2.40. The summed E-state index contributed by atoms with van der Waals surface area (Å²) in [4.78, 5) is 22.5. The first-order valence-electron chi connectivity index (χ1n) is 9.78. The molecule has 0 aliphatic carbocycles. The summed E-state index contributed by atoms with van der Waals surface area (Å²) >= 11 is 0. The molecular formula is C21H22F2N2O6S. The highest BCUT2D eigenvalue weighted by molar-refractivity contribution is 7.89. The Morgan fingerprint density at radius 2 is 1.81 bits per heavy atom. The summed E-state index contributed by atoms with van der Waals surface area (Å²) in [5.74, 6) is -3.10. The molecule has 0 radical (unpaired) electrons. The van der Waals surface area contributed by atoms with Gasteiger partial charge in [-0.05, 0) is 48.7 Å². The Morgan fingerprint density at radius 1 is 1.09 bits per heavy atom. The smallest absolute Gasteiger partial charge is 0.309 e. The van der Waals surface area contributed by atoms with Gasteiger partial charge < -0.3 is 15.2 Å². The number of ether oxygens (including phenoxy) is 2. The fourth-order valence-corrected chi connectivity index (χ4v) is 4.84. The second kappa shape index (κ2) is 10.0. The molecular weight excluding hydrogens is 446 g/mol. The molecule has 2 N–H and O–H groups in total. The van der Waals surface area contributed by atoms with E-state index in [-0.39, 0.29) is 39.1 Å². The second-order valence-corrected chi connectivity index (χ2v) is 9.17. The normalized spacial score (nSPS) is 15.3. The van der Waals surface area contributed by atoms with Gasteiger partial charge in [-0.25, -0.2) is 17.2 Å². The lowest BCUT2D eigenvalue weighted by Gasteiger charge is -2.30. The van der Waals surface area contributed by atoms with Crippen molar-refractivity contribution in [3.05, 3.63) is 59.7 Å². The number of nitrogens with two attached hydrogens (primary N) is 1. The molecule has 2 aromatic rings. The average molecular weight is 468 g/mol. The monoisotopic (exact) mass is 468 g/mol. The highest BCUT2D eigenvalue weighted by Crippen LogP contribution is 2.27. The molecule has 1 amide bonds. The number of carbonyl (C=O) groups excluding carboxylic acids is 2. The van der Waals surface area contributed by atoms with Gasteiger partial charge in [0.05, 0.1) is 5.92 Å². The topological polar surface area (TPSA) is 116 Å². The van der Waals surface area contributed by atoms with Crippen molar-refractivity contribution in [3.8, 4) is 5.75 Å². The molecule has 1 saturated heterocycles. The molecule has 32 heavy (non-hydrogen) atoms. The predicted molar refractivity (Wildman–Crippen MR) is 109 cm³/mol. The number of carbonyl (C=O) groups is 2. The minimum Gasteiger partial charge on any atom is -0.484 e. The van der Waals surface area contributed by atoms with Crippen molar-refractivity contribution in [3.63, 3.8) is 0 Å². The van der Waals surface area contributed by atoms with Crippen molar-refractivity contribution in [1.29, 1.82) is 0 Å². The summed E-state index contributed by atoms with van der Waals surface area (Å²) in [5.41, 5.74) is 5.67. The van der Waals surface area contributed by atoms with E-state index < -0.39 is 44.3 Å². The van der Waals surface area contributed by atoms with Gasteiger partial charge in [0, 0.05) is 13.1 Å². The lowest BCUT2D eigenvalue weighted by atomic mass is 9.98. The molecule has 0 spiro atoms. The van der Waals surface area contributed by atoms with Crippen LogP contribution in [0.4, 0.5) is 8.78 Å². The Labute approximate surface area is 184 Å². The van der Waals surface area contributed by atoms with E-state index in [4.69, 9.17) is 15.2 Å². The van der Waals surface area contributed by atoms with E-state index in [9.17, 15) is 26.8 Å². The van der Waals surface area contributed by atoms with E-state index in [1.807, 2.05) is 0 Å². The number of esters is 1. The van der Waals surface area contributed by atoms with E-state index in [0.29, 0.717) is 17.4 Å². The van der Waals surface area contributed by atoms with E-state index in [2.05, 4.69) is 0 Å². The first-order chi connectivity index (χ1) is 15.2. The van der Waals surface area contributed by atoms with Crippen LogP contribution in [0.15, 0.2) is 47.4 Å². The van der Waals surface area contributed by atoms with Crippen LogP contribution in [-0.2, 0) is 31.0 Å². The predicted octanol–water partition coefficient (Wildman–Crippen LogP) is 1.97. The highest BCUT2D eigenvalue weighted by Gasteiger charge is 2.34. The van der Waals surface area contributed by atoms with Crippen molar-refractivity contribution >= 4 is 21.9 Å². The first-order valence-corrected chi connectivity index (χ1v) is 11.2. The zero-order valence-electron chi connectivity index (χ0n) is 17.0. The Hall–Kier alpha value is -3.05. The van der Waals surface area contributed by atoms with Crippen LogP contribution in [0.3, 0.4) is 0 Å². The van der Waals surface area contributed by atoms with Crippen LogP contribution < -0.4 is 10.5 Å². The quantitative estimate of drug-likeness (QED) is 0.593. The number of nitrogens with zero attached hydrogens (tertiary/aromatic N) is 1. The van der Waals surface area contributed by atoms with Crippen molar-refractivity contribution in [1.82, 2.24) is 4.31 Å². The van der Waals surface area contributed by atoms with Crippen LogP contribution in [0.2, 0.25) is 0 Å². The lowest BCUT2D eigenvalue weighted by molar-refractivity contribution is -0.151. The number of hydrogen-bond donors (Lipinski definition) is 1. The zero-order chi connectivity index (χ0) is 23.3. The van der Waals surface area contributed by atoms with Gasteiger partial charge in [-0.2, -0.15) is 4.31 Å². The Balaban J connectivity index is 1.54. The van der Waals surface area contributed by atoms with Crippen LogP contribution in [-0.4, -0.2) is 44.3 Å². The molecule has 0 saturated carbocycles. The number of piperidine rings is 1. The first kappa shape index (κ1) is 23.6. The average Bonchev–Trinajstić information content (AvgIpc) is 2.78. The summed E-state index contributed by atoms with van der Waals surface area (Å²) in [7, 11) is -4.22. The van der Waals surface area contributed by atoms with Crippen molar-refractivity contribution in [2.45, 2.75) is 24.3 Å². The largest absolute Gasteiger partial charge is 0.484 e. The number of halogens is 2. The van der Waals surface area contributed by atoms with Gasteiger partial charge in [-0.15, -0.1) is 0 Å². The second-order valence-electron chi connectivity index (χ2n) is 7.26. The van der Waals surface area contributed by atoms with E-state index in [1.54, 1.807) is 24.3 Å². The number of primary amides is 1. The molecule has 2 aromatic carbocycles. The molecule has 0 unspecified atom stereocenters. The van der Waals surface area contributed by atoms with E-state index >= 15 is 0 Å². The van der Waals surface area contributed by atoms with Crippen LogP contribution in [0.5, 0.6) is 5.75 Å². The van der Waals surface area contributed by atoms with Crippen molar-refractivity contribution in [2.24, 2.45) is 11.7 Å². The number of rotatable bonds is 8. The third kappa shape index (κ3) is 5.80. The Morgan fingerprint density at radius 3 is 2.50 bits per heavy atom. The maximum Gasteiger partial charge on any atom is 0.309 e. The maximum absolute atomic E-state index is 13.9. The molecule has 1 heterocycles. The van der Waals surface area contributed by atoms with Crippen LogP contribution in [0.1, 0.15) is 18.4 Å². The molecule has 0 bridgehead atoms. The van der Waals surface area contributed by atoms with Gasteiger partial charge >= 0.3 is 5.97 Å². The third-order valence-corrected chi connectivity index (χ3v) is 6.87. The number of hydrogen-bond acceptors (Lipinski definition) is 6. The summed E-state index contributed by atoms with van der Waals surface area (Å²) in [6.07, 6.45) is 0.382. The standard InChI is InChI=1S/C21H22F2N2O6S/c22-16-4-5-18(23)19(11-16)32(28,29)25-8-6-15(7-9-25)21(27)31-12-14-2-1-3-17(10-14)30-13-20(24)26/h1-5,10-11,15H,6-9,12-13H2,(H2,24,26). The fourth-order valence-electron chi connectivity index (χ4n) is 3.30. The van der Waals surface area contributed by atoms with Crippen LogP contribution >= 0.6 is 0 Å². The molecule has 1 aliphatic heterocycles. The molecule has 0 atom stereocenters. The van der Waals surface area contributed by atoms with Gasteiger partial charge in [-0.3, -0.25) is 9.59 Å². The number of sulfonamides is 1. The SMILES string of the molecule is NC(=O)COc1cccc(COC(=O)C2CCN(S(=O)(=O)c3cc(F)ccc3F)CC2)c1. The highest BCUT2D eigenvalue weighted by atomic mass is 32.2. The molecule has 8 nitrogen and oxygen atoms in total. The molecule has 11 heteroatoms. The maximum atomic E-state index is 13.9. The van der Waals surface area contributed by atoms with E-state index in [0.717, 1.165) is 16.4 Å². The summed E-state index contributed by atoms with van der Waals surface area (Å²) in [5, 5.41) is 0. The van der Waals surface area contributed by atoms with Gasteiger partial charge in [-0.1, -0.05) is 12.1 Å². The Bertz CT molecular complexity index is 1100. The summed E-state index contributed by atoms with van der Waals surface area (Å²) in [6, 6.07) is 8.88. The molecule has 3 rings (SSSR count). The van der Waals surface area contributed by atoms with Gasteiger partial charge in [0.2, 0.25) is 10.0 Å². The van der Waals surface area contributed by atoms with Gasteiger partial charge in [0.1, 0.15) is 28.9 Å². The summed E-state index contributed by atoms with van der Waals surface area (Å²) < 4.78 is 64.2. The third-order valence-electron chi connectivity index (χ3n) is 4.96. The molecule has 1 fully saturated rings. The van der Waals surface area contributed by atoms with Gasteiger partial charge in [0.25, 0.3) is 5.91 Å². The minimum atomic E-state index is -4.22. The van der Waals surface area contributed by atoms with Gasteiger partial charge in [0.15, 0.2) is 6.61 Å². The fraction of sp³-hybridized carbons (Fsp3) is 0.333. The minimum absolute atomic E-state index is 0.0193. The number of benzene rings is 2. The van der Waals surface area contributed by atoms with Crippen LogP contribution in [0, 0.1) is 17.6 Å². The molecule has 1 aliphatic rings. The molecule has 0 aromatic heterocycles. The van der Waals surface area contributed by atoms with Crippen molar-refractivity contribution < 1.29 is 36.3 Å². The number of amides is 1.